The van der Waals surface area contributed by atoms with Crippen LogP contribution < -0.4 is 4.74 Å². The highest BCUT2D eigenvalue weighted by atomic mass is 35.5. The molecule has 1 aliphatic heterocycles. The van der Waals surface area contributed by atoms with E-state index in [4.69, 9.17) is 27.9 Å². The van der Waals surface area contributed by atoms with E-state index in [0.29, 0.717) is 40.7 Å². The number of ether oxygens (including phenoxy) is 1. The minimum absolute atomic E-state index is 0.0392. The zero-order valence-electron chi connectivity index (χ0n) is 20.6. The minimum Gasteiger partial charge on any atom is -0.507 e. The molecule has 1 fully saturated rings. The number of aliphatic hydroxyl groups excluding tert-OH is 1. The molecule has 1 saturated heterocycles. The lowest BCUT2D eigenvalue weighted by Crippen LogP contribution is -2.32. The number of carbonyl (C=O) groups excluding carboxylic acids is 2. The van der Waals surface area contributed by atoms with E-state index in [1.807, 2.05) is 25.9 Å². The fourth-order valence-corrected chi connectivity index (χ4v) is 4.44. The van der Waals surface area contributed by atoms with E-state index in [-0.39, 0.29) is 11.3 Å². The van der Waals surface area contributed by atoms with Crippen LogP contribution in [-0.4, -0.2) is 60.4 Å². The van der Waals surface area contributed by atoms with Crippen LogP contribution in [0.5, 0.6) is 5.75 Å². The van der Waals surface area contributed by atoms with Gasteiger partial charge in [-0.25, -0.2) is 0 Å². The van der Waals surface area contributed by atoms with Gasteiger partial charge in [0, 0.05) is 12.1 Å². The summed E-state index contributed by atoms with van der Waals surface area (Å²) in [6, 6.07) is 9.48. The fourth-order valence-electron chi connectivity index (χ4n) is 4.14. The summed E-state index contributed by atoms with van der Waals surface area (Å²) in [5.74, 6) is -0.861. The Hall–Kier alpha value is -2.54. The number of hydrogen-bond acceptors (Lipinski definition) is 5. The van der Waals surface area contributed by atoms with Crippen LogP contribution in [-0.2, 0) is 9.59 Å². The molecule has 8 heteroatoms. The Morgan fingerprint density at radius 2 is 1.83 bits per heavy atom. The van der Waals surface area contributed by atoms with Crippen LogP contribution in [0.1, 0.15) is 48.9 Å². The number of unbranched alkanes of at least 4 members (excludes halogenated alkanes) is 1. The Labute approximate surface area is 217 Å². The first-order chi connectivity index (χ1) is 16.6. The number of benzene rings is 2. The predicted molar refractivity (Wildman–Crippen MR) is 140 cm³/mol. The van der Waals surface area contributed by atoms with Crippen molar-refractivity contribution < 1.29 is 19.4 Å². The summed E-state index contributed by atoms with van der Waals surface area (Å²) in [6.07, 6.45) is 2.64. The molecule has 2 aromatic carbocycles. The normalized spacial score (nSPS) is 17.5. The molecule has 1 aliphatic rings. The summed E-state index contributed by atoms with van der Waals surface area (Å²) in [4.78, 5) is 29.8. The lowest BCUT2D eigenvalue weighted by molar-refractivity contribution is -0.139. The minimum atomic E-state index is -0.771. The van der Waals surface area contributed by atoms with Gasteiger partial charge in [-0.1, -0.05) is 42.6 Å². The molecule has 0 aromatic heterocycles. The molecule has 1 amide bonds. The summed E-state index contributed by atoms with van der Waals surface area (Å²) in [7, 11) is 3.89. The van der Waals surface area contributed by atoms with E-state index in [0.717, 1.165) is 30.7 Å². The van der Waals surface area contributed by atoms with Gasteiger partial charge in [-0.3, -0.25) is 9.59 Å². The van der Waals surface area contributed by atoms with E-state index in [1.54, 1.807) is 36.4 Å². The Bertz CT molecular complexity index is 1130. The lowest BCUT2D eigenvalue weighted by atomic mass is 9.94. The van der Waals surface area contributed by atoms with E-state index in [2.05, 4.69) is 6.92 Å². The summed E-state index contributed by atoms with van der Waals surface area (Å²) in [6.45, 7) is 5.69. The molecule has 1 heterocycles. The molecule has 0 bridgehead atoms. The zero-order valence-corrected chi connectivity index (χ0v) is 22.1. The number of Topliss-reactive ketones (excluding diaryl/α,β-unsaturated/α-hetero) is 1. The van der Waals surface area contributed by atoms with Gasteiger partial charge in [0.2, 0.25) is 0 Å². The molecule has 3 rings (SSSR count). The first-order valence-electron chi connectivity index (χ1n) is 11.8. The Morgan fingerprint density at radius 1 is 1.09 bits per heavy atom. The maximum atomic E-state index is 13.2. The van der Waals surface area contributed by atoms with E-state index in [9.17, 15) is 14.7 Å². The monoisotopic (exact) mass is 518 g/mol. The van der Waals surface area contributed by atoms with Gasteiger partial charge in [-0.2, -0.15) is 0 Å². The van der Waals surface area contributed by atoms with Gasteiger partial charge in [0.15, 0.2) is 0 Å². The van der Waals surface area contributed by atoms with Crippen molar-refractivity contribution in [3.05, 3.63) is 68.7 Å². The van der Waals surface area contributed by atoms with Crippen LogP contribution in [0.4, 0.5) is 0 Å². The van der Waals surface area contributed by atoms with E-state index < -0.39 is 17.7 Å². The smallest absolute Gasteiger partial charge is 0.295 e. The maximum absolute atomic E-state index is 13.2. The quantitative estimate of drug-likeness (QED) is 0.185. The highest BCUT2D eigenvalue weighted by molar-refractivity contribution is 6.46. The topological polar surface area (TPSA) is 70.1 Å². The first kappa shape index (κ1) is 27.1. The molecule has 1 N–H and O–H groups in total. The molecular weight excluding hydrogens is 487 g/mol. The third-order valence-electron chi connectivity index (χ3n) is 6.01. The molecule has 1 atom stereocenters. The van der Waals surface area contributed by atoms with Crippen LogP contribution in [0, 0.1) is 6.92 Å². The predicted octanol–water partition coefficient (Wildman–Crippen LogP) is 5.85. The number of ketones is 1. The SMILES string of the molecule is CCCCOc1ccc(/C(O)=C2\C(=O)C(=O)N(CCCN(C)C)[C@H]2c2ccc(Cl)c(Cl)c2)cc1C. The second kappa shape index (κ2) is 11.9. The van der Waals surface area contributed by atoms with Crippen LogP contribution in [0.15, 0.2) is 42.0 Å². The number of likely N-dealkylation sites (tertiary alicyclic amines) is 1. The Balaban J connectivity index is 2.05. The first-order valence-corrected chi connectivity index (χ1v) is 12.5. The second-order valence-corrected chi connectivity index (χ2v) is 9.82. The van der Waals surface area contributed by atoms with Gasteiger partial charge < -0.3 is 19.6 Å². The molecule has 35 heavy (non-hydrogen) atoms. The van der Waals surface area contributed by atoms with Crippen LogP contribution in [0.2, 0.25) is 10.0 Å². The zero-order chi connectivity index (χ0) is 25.7. The van der Waals surface area contributed by atoms with E-state index in [1.165, 1.54) is 4.90 Å². The third kappa shape index (κ3) is 6.18. The van der Waals surface area contributed by atoms with Crippen molar-refractivity contribution in [2.75, 3.05) is 33.8 Å². The fraction of sp³-hybridized carbons (Fsp3) is 0.407. The maximum Gasteiger partial charge on any atom is 0.295 e. The molecule has 0 saturated carbocycles. The van der Waals surface area contributed by atoms with Crippen molar-refractivity contribution in [2.45, 2.75) is 39.2 Å². The van der Waals surface area contributed by atoms with Crippen molar-refractivity contribution in [2.24, 2.45) is 0 Å². The molecular formula is C27H32Cl2N2O4. The molecule has 188 valence electrons. The average Bonchev–Trinajstić information content (AvgIpc) is 3.06. The molecule has 0 spiro atoms. The Morgan fingerprint density at radius 3 is 2.46 bits per heavy atom. The number of halogens is 2. The summed E-state index contributed by atoms with van der Waals surface area (Å²) < 4.78 is 5.81. The number of amides is 1. The van der Waals surface area contributed by atoms with Gasteiger partial charge in [0.05, 0.1) is 28.3 Å². The van der Waals surface area contributed by atoms with E-state index >= 15 is 0 Å². The van der Waals surface area contributed by atoms with Crippen LogP contribution in [0.25, 0.3) is 5.76 Å². The van der Waals surface area contributed by atoms with Crippen molar-refractivity contribution in [1.29, 1.82) is 0 Å². The molecule has 0 radical (unpaired) electrons. The van der Waals surface area contributed by atoms with Gasteiger partial charge in [-0.05, 0) is 81.9 Å². The van der Waals surface area contributed by atoms with Crippen molar-refractivity contribution in [3.63, 3.8) is 0 Å². The number of aliphatic hydroxyl groups is 1. The summed E-state index contributed by atoms with van der Waals surface area (Å²) in [5.41, 5.74) is 1.93. The molecule has 0 unspecified atom stereocenters. The highest BCUT2D eigenvalue weighted by Crippen LogP contribution is 2.41. The molecule has 2 aromatic rings. The van der Waals surface area contributed by atoms with Crippen LogP contribution >= 0.6 is 23.2 Å². The molecule has 0 aliphatic carbocycles. The van der Waals surface area contributed by atoms with Crippen molar-refractivity contribution >= 4 is 40.7 Å². The van der Waals surface area contributed by atoms with Gasteiger partial charge in [0.25, 0.3) is 11.7 Å². The summed E-state index contributed by atoms with van der Waals surface area (Å²) >= 11 is 12.4. The van der Waals surface area contributed by atoms with Gasteiger partial charge in [-0.15, -0.1) is 0 Å². The third-order valence-corrected chi connectivity index (χ3v) is 6.75. The van der Waals surface area contributed by atoms with Crippen molar-refractivity contribution in [1.82, 2.24) is 9.80 Å². The van der Waals surface area contributed by atoms with Crippen molar-refractivity contribution in [3.8, 4) is 5.75 Å². The second-order valence-electron chi connectivity index (χ2n) is 9.01. The molecule has 6 nitrogen and oxygen atoms in total. The number of carbonyl (C=O) groups is 2. The van der Waals surface area contributed by atoms with Crippen LogP contribution in [0.3, 0.4) is 0 Å². The average molecular weight is 519 g/mol. The summed E-state index contributed by atoms with van der Waals surface area (Å²) in [5, 5.41) is 12.0. The lowest BCUT2D eigenvalue weighted by Gasteiger charge is -2.26. The highest BCUT2D eigenvalue weighted by Gasteiger charge is 2.46. The number of rotatable bonds is 10. The number of nitrogens with zero attached hydrogens (tertiary/aromatic N) is 2. The largest absolute Gasteiger partial charge is 0.507 e. The number of aryl methyl sites for hydroxylation is 1. The van der Waals surface area contributed by atoms with Gasteiger partial charge in [0.1, 0.15) is 11.5 Å². The Kier molecular flexibility index (Phi) is 9.22. The number of hydrogen-bond donors (Lipinski definition) is 1. The van der Waals surface area contributed by atoms with Gasteiger partial charge >= 0.3 is 0 Å². The standard InChI is InChI=1S/C27H32Cl2N2O4/c1-5-6-14-35-22-11-9-19(15-17(22)2)25(32)23-24(18-8-10-20(28)21(29)16-18)31(27(34)26(23)33)13-7-12-30(3)4/h8-11,15-16,24,32H,5-7,12-14H2,1-4H3/b25-23+/t24-/m0/s1.